The Bertz CT molecular complexity index is 1300. The fourth-order valence-corrected chi connectivity index (χ4v) is 3.10. The molecule has 0 bridgehead atoms. The van der Waals surface area contributed by atoms with Crippen LogP contribution in [0.5, 0.6) is 23.0 Å². The van der Waals surface area contributed by atoms with Gasteiger partial charge in [-0.25, -0.2) is 4.79 Å². The van der Waals surface area contributed by atoms with E-state index < -0.39 is 5.97 Å². The van der Waals surface area contributed by atoms with Crippen LogP contribution in [0.2, 0.25) is 0 Å². The SMILES string of the molecule is CCOc1ccccc1Oc1coc2cc(OCC(=O)OCc3ccccc3)ccc2c1=O. The number of para-hydroxylation sites is 2. The number of rotatable bonds is 9. The van der Waals surface area contributed by atoms with Crippen molar-refractivity contribution in [3.05, 3.63) is 94.8 Å². The Morgan fingerprint density at radius 2 is 1.64 bits per heavy atom. The minimum Gasteiger partial charge on any atom is -0.490 e. The second-order valence-electron chi connectivity index (χ2n) is 7.00. The van der Waals surface area contributed by atoms with Crippen LogP contribution in [0.3, 0.4) is 0 Å². The average molecular weight is 446 g/mol. The van der Waals surface area contributed by atoms with E-state index in [1.54, 1.807) is 36.4 Å². The first-order valence-corrected chi connectivity index (χ1v) is 10.4. The quantitative estimate of drug-likeness (QED) is 0.331. The Balaban J connectivity index is 1.42. The van der Waals surface area contributed by atoms with Gasteiger partial charge in [-0.1, -0.05) is 42.5 Å². The monoisotopic (exact) mass is 446 g/mol. The lowest BCUT2D eigenvalue weighted by Crippen LogP contribution is -2.14. The summed E-state index contributed by atoms with van der Waals surface area (Å²) in [5, 5.41) is 0.320. The summed E-state index contributed by atoms with van der Waals surface area (Å²) in [5.41, 5.74) is 0.859. The minimum absolute atomic E-state index is 0.0350. The van der Waals surface area contributed by atoms with Crippen molar-refractivity contribution >= 4 is 16.9 Å². The molecular weight excluding hydrogens is 424 g/mol. The molecule has 0 aliphatic carbocycles. The van der Waals surface area contributed by atoms with Crippen LogP contribution in [0, 0.1) is 0 Å². The van der Waals surface area contributed by atoms with Gasteiger partial charge in [-0.15, -0.1) is 0 Å². The zero-order valence-electron chi connectivity index (χ0n) is 18.0. The molecule has 4 aromatic rings. The van der Waals surface area contributed by atoms with E-state index >= 15 is 0 Å². The molecule has 0 N–H and O–H groups in total. The number of esters is 1. The number of ether oxygens (including phenoxy) is 4. The molecule has 0 radical (unpaired) electrons. The molecule has 0 amide bonds. The van der Waals surface area contributed by atoms with E-state index in [1.165, 1.54) is 6.26 Å². The fourth-order valence-electron chi connectivity index (χ4n) is 3.10. The van der Waals surface area contributed by atoms with Crippen LogP contribution >= 0.6 is 0 Å². The highest BCUT2D eigenvalue weighted by molar-refractivity contribution is 5.79. The second-order valence-corrected chi connectivity index (χ2v) is 7.00. The summed E-state index contributed by atoms with van der Waals surface area (Å²) < 4.78 is 27.5. The Kier molecular flexibility index (Phi) is 6.90. The Hall–Kier alpha value is -4.26. The standard InChI is InChI=1S/C26H22O7/c1-2-29-21-10-6-7-11-22(21)33-24-16-31-23-14-19(12-13-20(23)26(24)28)30-17-25(27)32-15-18-8-4-3-5-9-18/h3-14,16H,2,15,17H2,1H3. The summed E-state index contributed by atoms with van der Waals surface area (Å²) in [6, 6.07) is 21.1. The molecule has 0 saturated carbocycles. The molecule has 0 aliphatic heterocycles. The molecule has 0 atom stereocenters. The zero-order valence-corrected chi connectivity index (χ0v) is 18.0. The van der Waals surface area contributed by atoms with E-state index in [0.29, 0.717) is 34.8 Å². The fraction of sp³-hybridized carbons (Fsp3) is 0.154. The van der Waals surface area contributed by atoms with Gasteiger partial charge >= 0.3 is 5.97 Å². The molecule has 7 heteroatoms. The van der Waals surface area contributed by atoms with Gasteiger partial charge in [0.25, 0.3) is 0 Å². The molecule has 0 aliphatic rings. The first kappa shape index (κ1) is 22.0. The van der Waals surface area contributed by atoms with E-state index in [0.717, 1.165) is 5.56 Å². The van der Waals surface area contributed by atoms with E-state index in [9.17, 15) is 9.59 Å². The van der Waals surface area contributed by atoms with Crippen LogP contribution in [0.15, 0.2) is 88.3 Å². The topological polar surface area (TPSA) is 84.2 Å². The van der Waals surface area contributed by atoms with Gasteiger partial charge in [0, 0.05) is 6.07 Å². The minimum atomic E-state index is -0.503. The summed E-state index contributed by atoms with van der Waals surface area (Å²) in [6.45, 7) is 2.24. The first-order chi connectivity index (χ1) is 16.1. The number of carbonyl (C=O) groups excluding carboxylic acids is 1. The molecule has 0 spiro atoms. The van der Waals surface area contributed by atoms with Crippen molar-refractivity contribution in [3.63, 3.8) is 0 Å². The highest BCUT2D eigenvalue weighted by atomic mass is 16.6. The van der Waals surface area contributed by atoms with Crippen LogP contribution in [0.25, 0.3) is 11.0 Å². The summed E-state index contributed by atoms with van der Waals surface area (Å²) in [4.78, 5) is 24.8. The van der Waals surface area contributed by atoms with Crippen molar-refractivity contribution in [2.75, 3.05) is 13.2 Å². The number of hydrogen-bond acceptors (Lipinski definition) is 7. The molecule has 3 aromatic carbocycles. The normalized spacial score (nSPS) is 10.6. The lowest BCUT2D eigenvalue weighted by Gasteiger charge is -2.11. The average Bonchev–Trinajstić information content (AvgIpc) is 2.85. The molecule has 33 heavy (non-hydrogen) atoms. The molecule has 168 valence electrons. The van der Waals surface area contributed by atoms with Crippen LogP contribution in [0.4, 0.5) is 0 Å². The van der Waals surface area contributed by atoms with Crippen LogP contribution in [-0.4, -0.2) is 19.2 Å². The van der Waals surface area contributed by atoms with E-state index in [2.05, 4.69) is 0 Å². The van der Waals surface area contributed by atoms with Gasteiger partial charge in [-0.2, -0.15) is 0 Å². The molecule has 1 aromatic heterocycles. The first-order valence-electron chi connectivity index (χ1n) is 10.4. The van der Waals surface area contributed by atoms with Crippen molar-refractivity contribution in [2.45, 2.75) is 13.5 Å². The number of hydrogen-bond donors (Lipinski definition) is 0. The maximum absolute atomic E-state index is 12.9. The number of benzene rings is 3. The van der Waals surface area contributed by atoms with E-state index in [-0.39, 0.29) is 24.4 Å². The van der Waals surface area contributed by atoms with Crippen molar-refractivity contribution in [1.29, 1.82) is 0 Å². The molecule has 1 heterocycles. The predicted octanol–water partition coefficient (Wildman–Crippen LogP) is 5.11. The third-order valence-corrected chi connectivity index (χ3v) is 4.68. The highest BCUT2D eigenvalue weighted by Gasteiger charge is 2.13. The van der Waals surface area contributed by atoms with Gasteiger partial charge in [0.05, 0.1) is 12.0 Å². The molecule has 7 nitrogen and oxygen atoms in total. The number of fused-ring (bicyclic) bond motifs is 1. The third-order valence-electron chi connectivity index (χ3n) is 4.68. The van der Waals surface area contributed by atoms with Crippen LogP contribution in [-0.2, 0) is 16.1 Å². The smallest absolute Gasteiger partial charge is 0.344 e. The maximum Gasteiger partial charge on any atom is 0.344 e. The van der Waals surface area contributed by atoms with Crippen molar-refractivity contribution in [1.82, 2.24) is 0 Å². The molecular formula is C26H22O7. The van der Waals surface area contributed by atoms with E-state index in [1.807, 2.05) is 43.3 Å². The van der Waals surface area contributed by atoms with E-state index in [4.69, 9.17) is 23.4 Å². The van der Waals surface area contributed by atoms with Crippen molar-refractivity contribution < 1.29 is 28.2 Å². The van der Waals surface area contributed by atoms with Gasteiger partial charge in [0.1, 0.15) is 24.2 Å². The lowest BCUT2D eigenvalue weighted by molar-refractivity contribution is -0.147. The van der Waals surface area contributed by atoms with Crippen molar-refractivity contribution in [3.8, 4) is 23.0 Å². The summed E-state index contributed by atoms with van der Waals surface area (Å²) in [5.74, 6) is 0.852. The molecule has 0 unspecified atom stereocenters. The summed E-state index contributed by atoms with van der Waals surface area (Å²) in [6.07, 6.45) is 1.24. The predicted molar refractivity (Wildman–Crippen MR) is 122 cm³/mol. The van der Waals surface area contributed by atoms with Gasteiger partial charge in [0.15, 0.2) is 18.1 Å². The summed E-state index contributed by atoms with van der Waals surface area (Å²) >= 11 is 0. The Labute approximate surface area is 190 Å². The van der Waals surface area contributed by atoms with Gasteiger partial charge in [-0.3, -0.25) is 4.79 Å². The van der Waals surface area contributed by atoms with Crippen molar-refractivity contribution in [2.24, 2.45) is 0 Å². The summed E-state index contributed by atoms with van der Waals surface area (Å²) in [7, 11) is 0. The van der Waals surface area contributed by atoms with Crippen LogP contribution < -0.4 is 19.6 Å². The maximum atomic E-state index is 12.9. The Morgan fingerprint density at radius 3 is 2.42 bits per heavy atom. The highest BCUT2D eigenvalue weighted by Crippen LogP contribution is 2.31. The lowest BCUT2D eigenvalue weighted by atomic mass is 10.2. The second kappa shape index (κ2) is 10.4. The Morgan fingerprint density at radius 1 is 0.879 bits per heavy atom. The largest absolute Gasteiger partial charge is 0.490 e. The molecule has 0 fully saturated rings. The van der Waals surface area contributed by atoms with Gasteiger partial charge in [0.2, 0.25) is 11.2 Å². The molecule has 0 saturated heterocycles. The third kappa shape index (κ3) is 5.51. The zero-order chi connectivity index (χ0) is 23.0. The number of carbonyl (C=O) groups is 1. The van der Waals surface area contributed by atoms with Crippen LogP contribution in [0.1, 0.15) is 12.5 Å². The van der Waals surface area contributed by atoms with Gasteiger partial charge < -0.3 is 23.4 Å². The van der Waals surface area contributed by atoms with Gasteiger partial charge in [-0.05, 0) is 36.8 Å². The molecule has 4 rings (SSSR count).